The van der Waals surface area contributed by atoms with Crippen molar-refractivity contribution < 1.29 is 19.1 Å². The number of hydrogen-bond donors (Lipinski definition) is 1. The summed E-state index contributed by atoms with van der Waals surface area (Å²) in [5.74, 6) is -0.617. The van der Waals surface area contributed by atoms with Crippen LogP contribution in [-0.4, -0.2) is 28.1 Å². The van der Waals surface area contributed by atoms with Crippen LogP contribution in [-0.2, 0) is 53.0 Å². The molecule has 7 heteroatoms. The second kappa shape index (κ2) is 10.0. The summed E-state index contributed by atoms with van der Waals surface area (Å²) in [6.45, 7) is 0.0985. The summed E-state index contributed by atoms with van der Waals surface area (Å²) < 4.78 is 11.1. The van der Waals surface area contributed by atoms with Gasteiger partial charge in [0.1, 0.15) is 6.61 Å². The van der Waals surface area contributed by atoms with E-state index in [0.717, 1.165) is 49.8 Å². The minimum atomic E-state index is -1.13. The Kier molecular flexibility index (Phi) is 6.51. The molecular weight excluding hydrogens is 430 g/mol. The number of hydrogen-bond acceptors (Lipinski definition) is 6. The molecule has 0 saturated heterocycles. The molecule has 1 heterocycles. The minimum absolute atomic E-state index is 0.0832. The van der Waals surface area contributed by atoms with E-state index in [2.05, 4.69) is 21.4 Å². The van der Waals surface area contributed by atoms with Gasteiger partial charge in [0, 0.05) is 25.0 Å². The molecule has 0 bridgehead atoms. The van der Waals surface area contributed by atoms with E-state index in [1.807, 2.05) is 30.3 Å². The van der Waals surface area contributed by atoms with Crippen molar-refractivity contribution in [3.63, 3.8) is 0 Å². The fourth-order valence-electron chi connectivity index (χ4n) is 4.85. The number of benzene rings is 2. The molecule has 2 aliphatic carbocycles. The summed E-state index contributed by atoms with van der Waals surface area (Å²) in [6, 6.07) is 11.7. The van der Waals surface area contributed by atoms with E-state index in [1.54, 1.807) is 18.6 Å². The number of aryl methyl sites for hydroxylation is 2. The molecule has 34 heavy (non-hydrogen) atoms. The smallest absolute Gasteiger partial charge is 0.412 e. The van der Waals surface area contributed by atoms with Gasteiger partial charge in [-0.25, -0.2) is 9.59 Å². The van der Waals surface area contributed by atoms with Crippen molar-refractivity contribution >= 4 is 17.7 Å². The van der Waals surface area contributed by atoms with E-state index >= 15 is 0 Å². The first kappa shape index (κ1) is 22.1. The molecule has 1 aromatic heterocycles. The van der Waals surface area contributed by atoms with Gasteiger partial charge in [-0.2, -0.15) is 0 Å². The molecule has 0 aliphatic heterocycles. The second-order valence-corrected chi connectivity index (χ2v) is 8.75. The summed E-state index contributed by atoms with van der Waals surface area (Å²) in [5, 5.41) is 2.98. The van der Waals surface area contributed by atoms with E-state index < -0.39 is 18.2 Å². The number of carbonyl (C=O) groups is 2. The Hall–Kier alpha value is -3.74. The first-order valence-corrected chi connectivity index (χ1v) is 11.8. The fraction of sp³-hybridized carbons (Fsp3) is 0.333. The zero-order valence-corrected chi connectivity index (χ0v) is 19.0. The van der Waals surface area contributed by atoms with E-state index in [9.17, 15) is 9.59 Å². The van der Waals surface area contributed by atoms with E-state index in [1.165, 1.54) is 22.3 Å². The van der Waals surface area contributed by atoms with Gasteiger partial charge in [-0.1, -0.05) is 36.4 Å². The number of anilines is 1. The summed E-state index contributed by atoms with van der Waals surface area (Å²) in [7, 11) is 0. The highest BCUT2D eigenvalue weighted by molar-refractivity contribution is 5.90. The zero-order valence-electron chi connectivity index (χ0n) is 19.0. The Morgan fingerprint density at radius 3 is 2.38 bits per heavy atom. The molecule has 0 spiro atoms. The molecule has 0 fully saturated rings. The van der Waals surface area contributed by atoms with Crippen LogP contribution in [0.5, 0.6) is 0 Å². The Balaban J connectivity index is 1.32. The summed E-state index contributed by atoms with van der Waals surface area (Å²) in [5.41, 5.74) is 7.31. The lowest BCUT2D eigenvalue weighted by atomic mass is 9.99. The highest BCUT2D eigenvalue weighted by Gasteiger charge is 2.29. The van der Waals surface area contributed by atoms with Gasteiger partial charge < -0.3 is 9.47 Å². The van der Waals surface area contributed by atoms with Crippen LogP contribution in [0, 0.1) is 0 Å². The Bertz CT molecular complexity index is 1150. The fourth-order valence-corrected chi connectivity index (χ4v) is 4.85. The molecule has 1 amide bonds. The molecule has 2 aliphatic rings. The van der Waals surface area contributed by atoms with Crippen molar-refractivity contribution in [1.29, 1.82) is 0 Å². The summed E-state index contributed by atoms with van der Waals surface area (Å²) in [4.78, 5) is 34.2. The van der Waals surface area contributed by atoms with Gasteiger partial charge in [-0.3, -0.25) is 15.3 Å². The lowest BCUT2D eigenvalue weighted by Gasteiger charge is -2.19. The molecular formula is C27H27N3O4. The Morgan fingerprint density at radius 1 is 0.971 bits per heavy atom. The van der Waals surface area contributed by atoms with Crippen molar-refractivity contribution in [3.8, 4) is 0 Å². The predicted molar refractivity (Wildman–Crippen MR) is 126 cm³/mol. The van der Waals surface area contributed by atoms with E-state index in [-0.39, 0.29) is 13.0 Å². The molecule has 0 radical (unpaired) electrons. The van der Waals surface area contributed by atoms with Crippen molar-refractivity contribution in [1.82, 2.24) is 9.97 Å². The lowest BCUT2D eigenvalue weighted by molar-refractivity contribution is -0.154. The molecule has 1 atom stereocenters. The summed E-state index contributed by atoms with van der Waals surface area (Å²) in [6.07, 6.45) is 9.07. The van der Waals surface area contributed by atoms with Crippen LogP contribution in [0.15, 0.2) is 55.0 Å². The maximum Gasteiger partial charge on any atom is 0.412 e. The van der Waals surface area contributed by atoms with Gasteiger partial charge in [0.2, 0.25) is 6.10 Å². The van der Waals surface area contributed by atoms with Gasteiger partial charge >= 0.3 is 12.1 Å². The van der Waals surface area contributed by atoms with Gasteiger partial charge in [-0.05, 0) is 66.3 Å². The molecule has 3 aromatic rings. The van der Waals surface area contributed by atoms with Crippen molar-refractivity contribution in [2.45, 2.75) is 57.7 Å². The topological polar surface area (TPSA) is 90.4 Å². The van der Waals surface area contributed by atoms with Crippen molar-refractivity contribution in [3.05, 3.63) is 88.5 Å². The molecule has 174 valence electrons. The van der Waals surface area contributed by atoms with Crippen LogP contribution in [0.1, 0.15) is 46.4 Å². The molecule has 1 N–H and O–H groups in total. The number of esters is 1. The number of nitrogens with zero attached hydrogens (tertiary/aromatic N) is 2. The normalized spacial score (nSPS) is 14.7. The lowest BCUT2D eigenvalue weighted by Crippen LogP contribution is -2.33. The van der Waals surface area contributed by atoms with Crippen LogP contribution in [0.25, 0.3) is 0 Å². The highest BCUT2D eigenvalue weighted by atomic mass is 16.6. The third-order valence-corrected chi connectivity index (χ3v) is 6.45. The Labute approximate surface area is 198 Å². The molecule has 5 rings (SSSR count). The van der Waals surface area contributed by atoms with Gasteiger partial charge in [0.05, 0.1) is 11.4 Å². The average Bonchev–Trinajstić information content (AvgIpc) is 3.53. The molecule has 2 aromatic carbocycles. The zero-order chi connectivity index (χ0) is 23.3. The summed E-state index contributed by atoms with van der Waals surface area (Å²) >= 11 is 0. The van der Waals surface area contributed by atoms with Gasteiger partial charge in [0.15, 0.2) is 0 Å². The third-order valence-electron chi connectivity index (χ3n) is 6.45. The molecule has 1 unspecified atom stereocenters. The van der Waals surface area contributed by atoms with Gasteiger partial charge in [0.25, 0.3) is 0 Å². The van der Waals surface area contributed by atoms with Crippen LogP contribution in [0.2, 0.25) is 0 Å². The minimum Gasteiger partial charge on any atom is -0.458 e. The largest absolute Gasteiger partial charge is 0.458 e. The van der Waals surface area contributed by atoms with Crippen molar-refractivity contribution in [2.75, 3.05) is 5.32 Å². The number of amides is 1. The third kappa shape index (κ3) is 4.93. The monoisotopic (exact) mass is 457 g/mol. The number of rotatable bonds is 7. The number of ether oxygens (including phenoxy) is 2. The van der Waals surface area contributed by atoms with Crippen LogP contribution < -0.4 is 5.32 Å². The number of fused-ring (bicyclic) bond motifs is 2. The highest BCUT2D eigenvalue weighted by Crippen LogP contribution is 2.38. The number of carbonyl (C=O) groups excluding carboxylic acids is 2. The first-order valence-electron chi connectivity index (χ1n) is 11.8. The van der Waals surface area contributed by atoms with Gasteiger partial charge in [-0.15, -0.1) is 0 Å². The first-order chi connectivity index (χ1) is 16.7. The standard InChI is InChI=1S/C27H27N3O4/c31-26(33-17-18-6-2-1-3-7-18)24(15-21-16-28-12-13-29-21)34-27(32)30-25-22-10-4-8-19(22)14-20-9-5-11-23(20)25/h1-3,6-7,12-14,16,24H,4-5,8-11,15,17H2,(H,30,32). The Morgan fingerprint density at radius 2 is 1.71 bits per heavy atom. The van der Waals surface area contributed by atoms with E-state index in [4.69, 9.17) is 9.47 Å². The van der Waals surface area contributed by atoms with Crippen LogP contribution in [0.3, 0.4) is 0 Å². The SMILES string of the molecule is O=C(Nc1c2c(cc3c1CCC3)CCC2)OC(Cc1cnccn1)C(=O)OCc1ccccc1. The predicted octanol–water partition coefficient (Wildman–Crippen LogP) is 4.36. The van der Waals surface area contributed by atoms with Crippen molar-refractivity contribution in [2.24, 2.45) is 0 Å². The average molecular weight is 458 g/mol. The molecule has 0 saturated carbocycles. The number of nitrogens with one attached hydrogen (secondary N) is 1. The maximum atomic E-state index is 13.0. The van der Waals surface area contributed by atoms with Crippen LogP contribution in [0.4, 0.5) is 10.5 Å². The second-order valence-electron chi connectivity index (χ2n) is 8.75. The quantitative estimate of drug-likeness (QED) is 0.530. The number of aromatic nitrogens is 2. The van der Waals surface area contributed by atoms with E-state index in [0.29, 0.717) is 5.69 Å². The van der Waals surface area contributed by atoms with Crippen LogP contribution >= 0.6 is 0 Å². The molecule has 7 nitrogen and oxygen atoms in total. The maximum absolute atomic E-state index is 13.0.